The molecule has 1 aliphatic rings. The summed E-state index contributed by atoms with van der Waals surface area (Å²) < 4.78 is 46.0. The third-order valence-electron chi connectivity index (χ3n) is 5.81. The van der Waals surface area contributed by atoms with Gasteiger partial charge in [-0.2, -0.15) is 4.31 Å². The molecule has 0 spiro atoms. The van der Waals surface area contributed by atoms with E-state index in [0.29, 0.717) is 46.0 Å². The van der Waals surface area contributed by atoms with E-state index in [9.17, 15) is 22.7 Å². The molecule has 1 aromatic heterocycles. The van der Waals surface area contributed by atoms with E-state index in [1.807, 2.05) is 6.08 Å². The van der Waals surface area contributed by atoms with Crippen molar-refractivity contribution in [2.45, 2.75) is 23.8 Å². The lowest BCUT2D eigenvalue weighted by Crippen LogP contribution is -2.31. The average Bonchev–Trinajstić information content (AvgIpc) is 3.34. The predicted molar refractivity (Wildman–Crippen MR) is 138 cm³/mol. The van der Waals surface area contributed by atoms with Gasteiger partial charge in [-0.25, -0.2) is 23.1 Å². The molecule has 4 rings (SSSR count). The number of methoxy groups -OCH3 is 1. The van der Waals surface area contributed by atoms with Gasteiger partial charge in [-0.05, 0) is 60.4 Å². The maximum atomic E-state index is 13.3. The van der Waals surface area contributed by atoms with Crippen molar-refractivity contribution in [3.05, 3.63) is 81.8 Å². The summed E-state index contributed by atoms with van der Waals surface area (Å²) in [6, 6.07) is 12.0. The Morgan fingerprint density at radius 3 is 2.57 bits per heavy atom. The highest BCUT2D eigenvalue weighted by molar-refractivity contribution is 7.89. The summed E-state index contributed by atoms with van der Waals surface area (Å²) in [6.07, 6.45) is 1.00. The second-order valence-corrected chi connectivity index (χ2v) is 11.2. The molecule has 0 bridgehead atoms. The van der Waals surface area contributed by atoms with Crippen LogP contribution in [0.4, 0.5) is 14.9 Å². The highest BCUT2D eigenvalue weighted by Gasteiger charge is 2.31. The zero-order valence-corrected chi connectivity index (χ0v) is 21.7. The number of hydroxylamine groups is 1. The number of hydrogen-bond acceptors (Lipinski definition) is 8. The first kappa shape index (κ1) is 26.6. The number of carbonyl (C=O) groups is 1. The number of nitrogens with zero attached hydrogens (tertiary/aromatic N) is 1. The molecule has 196 valence electrons. The summed E-state index contributed by atoms with van der Waals surface area (Å²) in [6.45, 7) is -0.200. The van der Waals surface area contributed by atoms with Crippen LogP contribution in [-0.2, 0) is 21.3 Å². The molecule has 0 fully saturated rings. The van der Waals surface area contributed by atoms with Gasteiger partial charge in [-0.3, -0.25) is 5.32 Å². The van der Waals surface area contributed by atoms with Crippen LogP contribution < -0.4 is 15.5 Å². The van der Waals surface area contributed by atoms with Crippen LogP contribution in [0.15, 0.2) is 64.9 Å². The number of aliphatic hydroxyl groups excluding tert-OH is 1. The number of fused-ring (bicyclic) bond motifs is 1. The Labute approximate surface area is 218 Å². The molecule has 1 aliphatic carbocycles. The van der Waals surface area contributed by atoms with Gasteiger partial charge in [0.25, 0.3) is 0 Å². The number of likely N-dealkylation sites (N-methyl/N-ethyl adjacent to an activating group) is 1. The van der Waals surface area contributed by atoms with Crippen LogP contribution in [0.2, 0.25) is 0 Å². The monoisotopic (exact) mass is 547 g/mol. The second kappa shape index (κ2) is 11.3. The largest absolute Gasteiger partial charge is 0.497 e. The average molecular weight is 548 g/mol. The molecule has 1 unspecified atom stereocenters. The van der Waals surface area contributed by atoms with E-state index in [1.165, 1.54) is 42.6 Å². The molecule has 1 atom stereocenters. The van der Waals surface area contributed by atoms with Crippen LogP contribution in [0.5, 0.6) is 5.75 Å². The minimum atomic E-state index is -3.93. The van der Waals surface area contributed by atoms with Crippen molar-refractivity contribution in [1.82, 2.24) is 9.79 Å². The summed E-state index contributed by atoms with van der Waals surface area (Å²) in [5, 5.41) is 14.6. The van der Waals surface area contributed by atoms with Gasteiger partial charge in [0.1, 0.15) is 11.6 Å². The summed E-state index contributed by atoms with van der Waals surface area (Å²) in [4.78, 5) is 18.1. The van der Waals surface area contributed by atoms with Crippen LogP contribution in [0.3, 0.4) is 0 Å². The number of anilines is 1. The van der Waals surface area contributed by atoms with E-state index in [0.717, 1.165) is 4.31 Å². The lowest BCUT2D eigenvalue weighted by Gasteiger charge is -2.22. The summed E-state index contributed by atoms with van der Waals surface area (Å²) in [5.41, 5.74) is 4.66. The zero-order valence-electron chi connectivity index (χ0n) is 20.1. The van der Waals surface area contributed by atoms with Crippen molar-refractivity contribution >= 4 is 38.8 Å². The first-order chi connectivity index (χ1) is 17.7. The number of nitrogens with one attached hydrogen (secondary N) is 2. The van der Waals surface area contributed by atoms with E-state index >= 15 is 0 Å². The quantitative estimate of drug-likeness (QED) is 0.342. The predicted octanol–water partition coefficient (Wildman–Crippen LogP) is 4.29. The molecule has 1 amide bonds. The van der Waals surface area contributed by atoms with E-state index < -0.39 is 28.0 Å². The molecule has 2 aromatic carbocycles. The number of benzene rings is 2. The molecule has 9 nitrogen and oxygen atoms in total. The third-order valence-corrected chi connectivity index (χ3v) is 8.90. The Hall–Kier alpha value is -3.45. The third kappa shape index (κ3) is 6.10. The van der Waals surface area contributed by atoms with Gasteiger partial charge in [0.15, 0.2) is 0 Å². The van der Waals surface area contributed by atoms with Gasteiger partial charge in [0, 0.05) is 24.7 Å². The number of thiophene rings is 1. The topological polar surface area (TPSA) is 117 Å². The number of sulfonamides is 1. The first-order valence-electron chi connectivity index (χ1n) is 11.3. The molecule has 1 heterocycles. The fourth-order valence-electron chi connectivity index (χ4n) is 3.81. The number of carbonyl (C=O) groups excluding carboxylic acids is 1. The molecule has 12 heteroatoms. The van der Waals surface area contributed by atoms with Gasteiger partial charge in [-0.1, -0.05) is 18.2 Å². The summed E-state index contributed by atoms with van der Waals surface area (Å²) >= 11 is 1.21. The van der Waals surface area contributed by atoms with Crippen LogP contribution in [0.1, 0.15) is 28.5 Å². The van der Waals surface area contributed by atoms with Crippen molar-refractivity contribution in [3.63, 3.8) is 0 Å². The first-order valence-corrected chi connectivity index (χ1v) is 13.6. The van der Waals surface area contributed by atoms with Crippen molar-refractivity contribution in [3.8, 4) is 5.75 Å². The molecular formula is C25H26FN3O6S2. The van der Waals surface area contributed by atoms with Gasteiger partial charge >= 0.3 is 6.09 Å². The number of halogens is 1. The van der Waals surface area contributed by atoms with E-state index in [-0.39, 0.29) is 11.4 Å². The number of allylic oxidation sites excluding steroid dienone is 1. The minimum absolute atomic E-state index is 0.136. The standard InChI is InChI=1S/C25H26FN3O6S2/c1-29(14-22(30)16-6-8-17(26)9-7-16)37(32,33)23-15-36-24-20(23)4-3-5-21(24)28-35-25(31)27-18-10-12-19(34-2)13-11-18/h5-13,15,22,28,30H,3-4,14H2,1-2H3,(H,27,31). The normalized spacial score (nSPS) is 13.9. The Morgan fingerprint density at radius 2 is 1.89 bits per heavy atom. The highest BCUT2D eigenvalue weighted by Crippen LogP contribution is 2.37. The Balaban J connectivity index is 1.41. The van der Waals surface area contributed by atoms with E-state index in [1.54, 1.807) is 36.8 Å². The van der Waals surface area contributed by atoms with Gasteiger partial charge < -0.3 is 14.7 Å². The molecule has 3 N–H and O–H groups in total. The molecule has 0 saturated heterocycles. The summed E-state index contributed by atoms with van der Waals surface area (Å²) in [5.74, 6) is 0.206. The van der Waals surface area contributed by atoms with E-state index in [2.05, 4.69) is 10.8 Å². The van der Waals surface area contributed by atoms with Crippen molar-refractivity contribution in [2.75, 3.05) is 26.0 Å². The maximum Gasteiger partial charge on any atom is 0.435 e. The molecule has 37 heavy (non-hydrogen) atoms. The molecule has 0 aliphatic heterocycles. The number of amides is 1. The number of ether oxygens (including phenoxy) is 1. The number of hydrogen-bond donors (Lipinski definition) is 3. The number of rotatable bonds is 9. The van der Waals surface area contributed by atoms with Crippen LogP contribution in [-0.4, -0.2) is 44.6 Å². The zero-order chi connectivity index (χ0) is 26.6. The SMILES string of the molecule is COc1ccc(NC(=O)ONC2=CCCc3c(S(=O)(=O)N(C)CC(O)c4ccc(F)cc4)csc32)cc1. The lowest BCUT2D eigenvalue weighted by atomic mass is 10.0. The minimum Gasteiger partial charge on any atom is -0.497 e. The van der Waals surface area contributed by atoms with Crippen molar-refractivity contribution < 1.29 is 32.3 Å². The Kier molecular flexibility index (Phi) is 8.13. The smallest absolute Gasteiger partial charge is 0.435 e. The lowest BCUT2D eigenvalue weighted by molar-refractivity contribution is 0.130. The van der Waals surface area contributed by atoms with Crippen LogP contribution >= 0.6 is 11.3 Å². The fourth-order valence-corrected chi connectivity index (χ4v) is 6.66. The fraction of sp³-hybridized carbons (Fsp3) is 0.240. The Morgan fingerprint density at radius 1 is 1.19 bits per heavy atom. The number of aliphatic hydroxyl groups is 1. The molecule has 3 aromatic rings. The Bertz CT molecular complexity index is 1390. The van der Waals surface area contributed by atoms with E-state index in [4.69, 9.17) is 9.57 Å². The van der Waals surface area contributed by atoms with Gasteiger partial charge in [-0.15, -0.1) is 11.3 Å². The molecule has 0 radical (unpaired) electrons. The summed E-state index contributed by atoms with van der Waals surface area (Å²) in [7, 11) is -0.995. The molecular weight excluding hydrogens is 521 g/mol. The van der Waals surface area contributed by atoms with Gasteiger partial charge in [0.2, 0.25) is 10.0 Å². The second-order valence-electron chi connectivity index (χ2n) is 8.26. The highest BCUT2D eigenvalue weighted by atomic mass is 32.2. The molecule has 0 saturated carbocycles. The van der Waals surface area contributed by atoms with Gasteiger partial charge in [0.05, 0.1) is 28.7 Å². The maximum absolute atomic E-state index is 13.3. The van der Waals surface area contributed by atoms with Crippen molar-refractivity contribution in [1.29, 1.82) is 0 Å². The van der Waals surface area contributed by atoms with Crippen LogP contribution in [0.25, 0.3) is 5.70 Å². The van der Waals surface area contributed by atoms with Crippen LogP contribution in [0, 0.1) is 5.82 Å². The van der Waals surface area contributed by atoms with Crippen molar-refractivity contribution in [2.24, 2.45) is 0 Å².